The van der Waals surface area contributed by atoms with Crippen LogP contribution < -0.4 is 5.32 Å². The molecule has 0 bridgehead atoms. The first-order chi connectivity index (χ1) is 9.19. The number of hydrogen-bond acceptors (Lipinski definition) is 5. The molecule has 2 rings (SSSR count). The van der Waals surface area contributed by atoms with E-state index >= 15 is 0 Å². The second-order valence-electron chi connectivity index (χ2n) is 5.10. The lowest BCUT2D eigenvalue weighted by atomic mass is 9.98. The Bertz CT molecular complexity index is 419. The van der Waals surface area contributed by atoms with Crippen LogP contribution in [0.15, 0.2) is 4.52 Å². The minimum absolute atomic E-state index is 0.101. The number of aryl methyl sites for hydroxylation is 1. The van der Waals surface area contributed by atoms with Gasteiger partial charge >= 0.3 is 0 Å². The van der Waals surface area contributed by atoms with Crippen molar-refractivity contribution in [1.29, 1.82) is 0 Å². The van der Waals surface area contributed by atoms with Crippen LogP contribution in [-0.4, -0.2) is 47.1 Å². The van der Waals surface area contributed by atoms with Crippen LogP contribution in [0.4, 0.5) is 0 Å². The second-order valence-corrected chi connectivity index (χ2v) is 5.10. The summed E-state index contributed by atoms with van der Waals surface area (Å²) in [4.78, 5) is 18.2. The summed E-state index contributed by atoms with van der Waals surface area (Å²) in [6.07, 6.45) is 3.08. The lowest BCUT2D eigenvalue weighted by Crippen LogP contribution is -2.42. The SMILES string of the molecule is CCCNC(=O)CN1CCCC(c2nc(C)no2)C1. The maximum atomic E-state index is 11.7. The molecular weight excluding hydrogens is 244 g/mol. The molecule has 6 heteroatoms. The van der Waals surface area contributed by atoms with Gasteiger partial charge in [0.1, 0.15) is 0 Å². The van der Waals surface area contributed by atoms with E-state index in [4.69, 9.17) is 4.52 Å². The molecule has 1 aliphatic heterocycles. The van der Waals surface area contributed by atoms with Crippen LogP contribution in [0.25, 0.3) is 0 Å². The standard InChI is InChI=1S/C13H22N4O2/c1-3-6-14-12(18)9-17-7-4-5-11(8-17)13-15-10(2)16-19-13/h11H,3-9H2,1-2H3,(H,14,18). The summed E-state index contributed by atoms with van der Waals surface area (Å²) in [6, 6.07) is 0. The van der Waals surface area contributed by atoms with E-state index in [1.54, 1.807) is 0 Å². The molecule has 1 saturated heterocycles. The minimum atomic E-state index is 0.101. The molecule has 0 radical (unpaired) electrons. The summed E-state index contributed by atoms with van der Waals surface area (Å²) in [5.74, 6) is 1.74. The van der Waals surface area contributed by atoms with Gasteiger partial charge in [-0.1, -0.05) is 12.1 Å². The van der Waals surface area contributed by atoms with E-state index in [-0.39, 0.29) is 11.8 Å². The van der Waals surface area contributed by atoms with Crippen molar-refractivity contribution in [3.8, 4) is 0 Å². The lowest BCUT2D eigenvalue weighted by Gasteiger charge is -2.30. The largest absolute Gasteiger partial charge is 0.355 e. The van der Waals surface area contributed by atoms with Crippen molar-refractivity contribution in [3.05, 3.63) is 11.7 Å². The summed E-state index contributed by atoms with van der Waals surface area (Å²) >= 11 is 0. The molecule has 0 aliphatic carbocycles. The molecule has 2 heterocycles. The van der Waals surface area contributed by atoms with Crippen LogP contribution in [0.5, 0.6) is 0 Å². The van der Waals surface area contributed by atoms with Gasteiger partial charge in [-0.3, -0.25) is 9.69 Å². The third kappa shape index (κ3) is 4.02. The zero-order valence-electron chi connectivity index (χ0n) is 11.7. The fourth-order valence-electron chi connectivity index (χ4n) is 2.40. The van der Waals surface area contributed by atoms with Gasteiger partial charge in [0, 0.05) is 13.1 Å². The Morgan fingerprint density at radius 2 is 2.42 bits per heavy atom. The molecule has 0 aromatic carbocycles. The second kappa shape index (κ2) is 6.65. The quantitative estimate of drug-likeness (QED) is 0.863. The molecule has 0 saturated carbocycles. The van der Waals surface area contributed by atoms with Gasteiger partial charge in [-0.15, -0.1) is 0 Å². The van der Waals surface area contributed by atoms with Crippen molar-refractivity contribution in [1.82, 2.24) is 20.4 Å². The van der Waals surface area contributed by atoms with Crippen LogP contribution in [0.3, 0.4) is 0 Å². The van der Waals surface area contributed by atoms with E-state index < -0.39 is 0 Å². The van der Waals surface area contributed by atoms with Crippen molar-refractivity contribution >= 4 is 5.91 Å². The van der Waals surface area contributed by atoms with E-state index in [1.165, 1.54) is 0 Å². The highest BCUT2D eigenvalue weighted by molar-refractivity contribution is 5.77. The highest BCUT2D eigenvalue weighted by Crippen LogP contribution is 2.25. The fraction of sp³-hybridized carbons (Fsp3) is 0.769. The number of hydrogen-bond donors (Lipinski definition) is 1. The number of rotatable bonds is 5. The summed E-state index contributed by atoms with van der Waals surface area (Å²) in [6.45, 7) is 6.87. The third-order valence-electron chi connectivity index (χ3n) is 3.34. The normalized spacial score (nSPS) is 20.4. The summed E-state index contributed by atoms with van der Waals surface area (Å²) < 4.78 is 5.23. The van der Waals surface area contributed by atoms with Gasteiger partial charge in [0.15, 0.2) is 5.82 Å². The molecular formula is C13H22N4O2. The summed E-state index contributed by atoms with van der Waals surface area (Å²) in [5, 5.41) is 6.74. The van der Waals surface area contributed by atoms with E-state index in [1.807, 2.05) is 6.92 Å². The smallest absolute Gasteiger partial charge is 0.234 e. The number of nitrogens with one attached hydrogen (secondary N) is 1. The first kappa shape index (κ1) is 14.0. The number of carbonyl (C=O) groups is 1. The van der Waals surface area contributed by atoms with Gasteiger partial charge in [0.2, 0.25) is 11.8 Å². The fourth-order valence-corrected chi connectivity index (χ4v) is 2.40. The van der Waals surface area contributed by atoms with E-state index in [0.717, 1.165) is 38.9 Å². The Kier molecular flexibility index (Phi) is 4.90. The monoisotopic (exact) mass is 266 g/mol. The van der Waals surface area contributed by atoms with Crippen LogP contribution in [-0.2, 0) is 4.79 Å². The van der Waals surface area contributed by atoms with Crippen molar-refractivity contribution in [2.75, 3.05) is 26.2 Å². The van der Waals surface area contributed by atoms with Gasteiger partial charge in [-0.2, -0.15) is 4.98 Å². The Morgan fingerprint density at radius 1 is 1.58 bits per heavy atom. The van der Waals surface area contributed by atoms with Gasteiger partial charge in [-0.05, 0) is 32.7 Å². The number of aromatic nitrogens is 2. The predicted molar refractivity (Wildman–Crippen MR) is 70.8 cm³/mol. The molecule has 19 heavy (non-hydrogen) atoms. The molecule has 1 fully saturated rings. The van der Waals surface area contributed by atoms with E-state index in [9.17, 15) is 4.79 Å². The van der Waals surface area contributed by atoms with Crippen LogP contribution >= 0.6 is 0 Å². The molecule has 1 unspecified atom stereocenters. The third-order valence-corrected chi connectivity index (χ3v) is 3.34. The van der Waals surface area contributed by atoms with Crippen LogP contribution in [0, 0.1) is 6.92 Å². The molecule has 1 aliphatic rings. The first-order valence-corrected chi connectivity index (χ1v) is 6.98. The average Bonchev–Trinajstić information content (AvgIpc) is 2.83. The molecule has 1 atom stereocenters. The molecule has 1 amide bonds. The average molecular weight is 266 g/mol. The van der Waals surface area contributed by atoms with Crippen molar-refractivity contribution in [2.45, 2.75) is 39.0 Å². The summed E-state index contributed by atoms with van der Waals surface area (Å²) in [5.41, 5.74) is 0. The molecule has 0 spiro atoms. The topological polar surface area (TPSA) is 71.3 Å². The highest BCUT2D eigenvalue weighted by atomic mass is 16.5. The zero-order chi connectivity index (χ0) is 13.7. The maximum absolute atomic E-state index is 11.7. The zero-order valence-corrected chi connectivity index (χ0v) is 11.7. The van der Waals surface area contributed by atoms with Gasteiger partial charge in [0.05, 0.1) is 12.5 Å². The molecule has 1 aromatic rings. The maximum Gasteiger partial charge on any atom is 0.234 e. The molecule has 6 nitrogen and oxygen atoms in total. The van der Waals surface area contributed by atoms with Crippen molar-refractivity contribution in [3.63, 3.8) is 0 Å². The van der Waals surface area contributed by atoms with Gasteiger partial charge < -0.3 is 9.84 Å². The van der Waals surface area contributed by atoms with E-state index in [0.29, 0.717) is 18.3 Å². The number of likely N-dealkylation sites (tertiary alicyclic amines) is 1. The Labute approximate surface area is 113 Å². The van der Waals surface area contributed by atoms with Crippen LogP contribution in [0.1, 0.15) is 43.8 Å². The number of piperidine rings is 1. The number of amides is 1. The van der Waals surface area contributed by atoms with Crippen LogP contribution in [0.2, 0.25) is 0 Å². The van der Waals surface area contributed by atoms with E-state index in [2.05, 4.69) is 27.3 Å². The minimum Gasteiger partial charge on any atom is -0.355 e. The molecule has 106 valence electrons. The van der Waals surface area contributed by atoms with Gasteiger partial charge in [0.25, 0.3) is 0 Å². The van der Waals surface area contributed by atoms with Crippen molar-refractivity contribution in [2.24, 2.45) is 0 Å². The predicted octanol–water partition coefficient (Wildman–Crippen LogP) is 1.08. The van der Waals surface area contributed by atoms with Gasteiger partial charge in [-0.25, -0.2) is 0 Å². The number of carbonyl (C=O) groups excluding carboxylic acids is 1. The Hall–Kier alpha value is -1.43. The number of nitrogens with zero attached hydrogens (tertiary/aromatic N) is 3. The molecule has 1 N–H and O–H groups in total. The molecule has 1 aromatic heterocycles. The lowest BCUT2D eigenvalue weighted by molar-refractivity contribution is -0.122. The Balaban J connectivity index is 1.85. The summed E-state index contributed by atoms with van der Waals surface area (Å²) in [7, 11) is 0. The Morgan fingerprint density at radius 3 is 3.11 bits per heavy atom. The van der Waals surface area contributed by atoms with Crippen molar-refractivity contribution < 1.29 is 9.32 Å². The highest BCUT2D eigenvalue weighted by Gasteiger charge is 2.26. The first-order valence-electron chi connectivity index (χ1n) is 6.98.